The van der Waals surface area contributed by atoms with Gasteiger partial charge in [-0.15, -0.1) is 0 Å². The number of nitrogens with two attached hydrogens (primary N) is 1. The number of carbonyl (C=O) groups is 1. The van der Waals surface area contributed by atoms with E-state index in [1.165, 1.54) is 0 Å². The Balaban J connectivity index is 0.00000144. The zero-order valence-corrected chi connectivity index (χ0v) is 11.2. The van der Waals surface area contributed by atoms with Gasteiger partial charge in [0, 0.05) is 8.95 Å². The highest BCUT2D eigenvalue weighted by molar-refractivity contribution is 9.11. The van der Waals surface area contributed by atoms with Crippen molar-refractivity contribution in [2.75, 3.05) is 5.73 Å². The van der Waals surface area contributed by atoms with Crippen molar-refractivity contribution in [3.8, 4) is 0 Å². The monoisotopic (exact) mass is 359 g/mol. The van der Waals surface area contributed by atoms with Crippen LogP contribution < -0.4 is 5.73 Å². The highest BCUT2D eigenvalue weighted by Crippen LogP contribution is 2.34. The van der Waals surface area contributed by atoms with Gasteiger partial charge in [0.25, 0.3) is 0 Å². The number of aromatic carboxylic acids is 1. The van der Waals surface area contributed by atoms with E-state index in [-0.39, 0.29) is 18.7 Å². The van der Waals surface area contributed by atoms with Crippen LogP contribution in [0.1, 0.15) is 17.8 Å². The molecule has 0 saturated carbocycles. The molecule has 0 aliphatic heterocycles. The maximum atomic E-state index is 11.0. The summed E-state index contributed by atoms with van der Waals surface area (Å²) in [4.78, 5) is 11.0. The first-order valence-electron chi connectivity index (χ1n) is 4.41. The zero-order valence-electron chi connectivity index (χ0n) is 8.00. The Morgan fingerprint density at radius 3 is 2.47 bits per heavy atom. The molecule has 0 aromatic heterocycles. The van der Waals surface area contributed by atoms with Crippen molar-refractivity contribution in [1.82, 2.24) is 0 Å². The second-order valence-corrected chi connectivity index (χ2v) is 5.03. The van der Waals surface area contributed by atoms with Crippen LogP contribution in [0.15, 0.2) is 33.2 Å². The van der Waals surface area contributed by atoms with E-state index >= 15 is 0 Å². The van der Waals surface area contributed by atoms with Crippen LogP contribution >= 0.6 is 31.9 Å². The largest absolute Gasteiger partial charge is 0.478 e. The fourth-order valence-corrected chi connectivity index (χ4v) is 2.48. The van der Waals surface area contributed by atoms with Gasteiger partial charge in [-0.1, -0.05) is 29.4 Å². The van der Waals surface area contributed by atoms with Gasteiger partial charge in [-0.25, -0.2) is 4.79 Å². The third-order valence-corrected chi connectivity index (χ3v) is 3.65. The summed E-state index contributed by atoms with van der Waals surface area (Å²) in [7, 11) is 0. The number of carboxylic acid groups (broad SMARTS) is 1. The SMILES string of the molecule is C.Nc1c(C(=O)O)cc2cc(Br)ccc2c1Br. The summed E-state index contributed by atoms with van der Waals surface area (Å²) in [5.74, 6) is -1.03. The molecule has 0 bridgehead atoms. The van der Waals surface area contributed by atoms with Crippen molar-refractivity contribution in [2.45, 2.75) is 7.43 Å². The highest BCUT2D eigenvalue weighted by Gasteiger charge is 2.13. The second-order valence-electron chi connectivity index (χ2n) is 3.32. The molecular formula is C12H11Br2NO2. The third-order valence-electron chi connectivity index (χ3n) is 2.31. The van der Waals surface area contributed by atoms with Crippen LogP contribution in [-0.2, 0) is 0 Å². The Morgan fingerprint density at radius 1 is 1.24 bits per heavy atom. The van der Waals surface area contributed by atoms with Gasteiger partial charge in [-0.05, 0) is 44.9 Å². The van der Waals surface area contributed by atoms with Crippen LogP contribution in [0.2, 0.25) is 0 Å². The number of fused-ring (bicyclic) bond motifs is 1. The average Bonchev–Trinajstić information content (AvgIpc) is 2.22. The van der Waals surface area contributed by atoms with Gasteiger partial charge < -0.3 is 10.8 Å². The van der Waals surface area contributed by atoms with E-state index in [9.17, 15) is 4.79 Å². The number of carboxylic acids is 1. The summed E-state index contributed by atoms with van der Waals surface area (Å²) in [6.45, 7) is 0. The summed E-state index contributed by atoms with van der Waals surface area (Å²) >= 11 is 6.66. The third kappa shape index (κ3) is 2.45. The minimum absolute atomic E-state index is 0. The van der Waals surface area contributed by atoms with E-state index in [2.05, 4.69) is 31.9 Å². The fourth-order valence-electron chi connectivity index (χ4n) is 1.53. The molecule has 0 saturated heterocycles. The molecule has 0 aliphatic rings. The molecule has 0 aliphatic carbocycles. The molecule has 0 radical (unpaired) electrons. The minimum Gasteiger partial charge on any atom is -0.478 e. The van der Waals surface area contributed by atoms with Crippen LogP contribution in [0.25, 0.3) is 10.8 Å². The molecule has 5 heteroatoms. The molecule has 0 fully saturated rings. The summed E-state index contributed by atoms with van der Waals surface area (Å²) < 4.78 is 1.52. The lowest BCUT2D eigenvalue weighted by molar-refractivity contribution is 0.0698. The first kappa shape index (κ1) is 14.0. The van der Waals surface area contributed by atoms with Gasteiger partial charge in [-0.2, -0.15) is 0 Å². The predicted molar refractivity (Wildman–Crippen MR) is 77.5 cm³/mol. The van der Waals surface area contributed by atoms with Crippen LogP contribution in [0.5, 0.6) is 0 Å². The van der Waals surface area contributed by atoms with Gasteiger partial charge in [0.1, 0.15) is 0 Å². The standard InChI is InChI=1S/C11H7Br2NO2.CH4/c12-6-1-2-7-5(3-6)4-8(11(15)16)10(14)9(7)13;/h1-4H,14H2,(H,15,16);1H4. The summed E-state index contributed by atoms with van der Waals surface area (Å²) in [5, 5.41) is 10.7. The summed E-state index contributed by atoms with van der Waals surface area (Å²) in [6.07, 6.45) is 0. The topological polar surface area (TPSA) is 63.3 Å². The van der Waals surface area contributed by atoms with Crippen LogP contribution in [-0.4, -0.2) is 11.1 Å². The van der Waals surface area contributed by atoms with Crippen molar-refractivity contribution in [3.05, 3.63) is 38.8 Å². The lowest BCUT2D eigenvalue weighted by Crippen LogP contribution is -2.03. The molecule has 0 unspecified atom stereocenters. The molecule has 0 heterocycles. The maximum absolute atomic E-state index is 11.0. The molecule has 2 rings (SSSR count). The molecule has 17 heavy (non-hydrogen) atoms. The molecule has 2 aromatic rings. The molecule has 0 amide bonds. The molecule has 90 valence electrons. The number of nitrogen functional groups attached to an aromatic ring is 1. The first-order chi connectivity index (χ1) is 7.50. The van der Waals surface area contributed by atoms with Gasteiger partial charge >= 0.3 is 5.97 Å². The fraction of sp³-hybridized carbons (Fsp3) is 0.0833. The summed E-state index contributed by atoms with van der Waals surface area (Å²) in [5.41, 5.74) is 6.11. The number of hydrogen-bond acceptors (Lipinski definition) is 2. The van der Waals surface area contributed by atoms with E-state index in [1.807, 2.05) is 18.2 Å². The number of halogens is 2. The molecule has 0 atom stereocenters. The first-order valence-corrected chi connectivity index (χ1v) is 6.00. The van der Waals surface area contributed by atoms with Gasteiger partial charge in [-0.3, -0.25) is 0 Å². The quantitative estimate of drug-likeness (QED) is 0.746. The number of benzene rings is 2. The minimum atomic E-state index is -1.03. The maximum Gasteiger partial charge on any atom is 0.337 e. The van der Waals surface area contributed by atoms with E-state index in [4.69, 9.17) is 10.8 Å². The molecule has 3 nitrogen and oxygen atoms in total. The zero-order chi connectivity index (χ0) is 11.9. The molecule has 2 aromatic carbocycles. The Morgan fingerprint density at radius 2 is 1.88 bits per heavy atom. The molecular weight excluding hydrogens is 350 g/mol. The molecule has 0 spiro atoms. The van der Waals surface area contributed by atoms with Crippen LogP contribution in [0, 0.1) is 0 Å². The molecule has 3 N–H and O–H groups in total. The normalized spacial score (nSPS) is 10.0. The van der Waals surface area contributed by atoms with E-state index < -0.39 is 5.97 Å². The number of anilines is 1. The van der Waals surface area contributed by atoms with Crippen LogP contribution in [0.3, 0.4) is 0 Å². The number of rotatable bonds is 1. The van der Waals surface area contributed by atoms with Crippen molar-refractivity contribution in [1.29, 1.82) is 0 Å². The van der Waals surface area contributed by atoms with E-state index in [1.54, 1.807) is 6.07 Å². The predicted octanol–water partition coefficient (Wildman–Crippen LogP) is 4.28. The average molecular weight is 361 g/mol. The van der Waals surface area contributed by atoms with Gasteiger partial charge in [0.05, 0.1) is 11.3 Å². The summed E-state index contributed by atoms with van der Waals surface area (Å²) in [6, 6.07) is 7.19. The van der Waals surface area contributed by atoms with Crippen molar-refractivity contribution < 1.29 is 9.90 Å². The van der Waals surface area contributed by atoms with Gasteiger partial charge in [0.2, 0.25) is 0 Å². The van der Waals surface area contributed by atoms with E-state index in [0.717, 1.165) is 15.2 Å². The van der Waals surface area contributed by atoms with Gasteiger partial charge in [0.15, 0.2) is 0 Å². The Bertz CT molecular complexity index is 597. The van der Waals surface area contributed by atoms with E-state index in [0.29, 0.717) is 4.47 Å². The lowest BCUT2D eigenvalue weighted by atomic mass is 10.1. The lowest BCUT2D eigenvalue weighted by Gasteiger charge is -2.08. The Kier molecular flexibility index (Phi) is 4.16. The van der Waals surface area contributed by atoms with Crippen molar-refractivity contribution >= 4 is 54.3 Å². The Labute approximate surface area is 116 Å². The number of hydrogen-bond donors (Lipinski definition) is 2. The highest BCUT2D eigenvalue weighted by atomic mass is 79.9. The smallest absolute Gasteiger partial charge is 0.337 e. The van der Waals surface area contributed by atoms with Crippen molar-refractivity contribution in [3.63, 3.8) is 0 Å². The Hall–Kier alpha value is -1.07. The van der Waals surface area contributed by atoms with Crippen molar-refractivity contribution in [2.24, 2.45) is 0 Å². The second kappa shape index (κ2) is 5.06. The van der Waals surface area contributed by atoms with Crippen LogP contribution in [0.4, 0.5) is 5.69 Å².